The quantitative estimate of drug-likeness (QED) is 0.653. The molecule has 0 aliphatic carbocycles. The van der Waals surface area contributed by atoms with E-state index >= 15 is 0 Å². The van der Waals surface area contributed by atoms with Gasteiger partial charge in [0.05, 0.1) is 16.6 Å². The Morgan fingerprint density at radius 3 is 2.57 bits per heavy atom. The second-order valence-electron chi connectivity index (χ2n) is 4.97. The van der Waals surface area contributed by atoms with Crippen molar-refractivity contribution < 1.29 is 14.8 Å². The van der Waals surface area contributed by atoms with Crippen molar-refractivity contribution in [2.24, 2.45) is 0 Å². The lowest BCUT2D eigenvalue weighted by Crippen LogP contribution is -2.10. The summed E-state index contributed by atoms with van der Waals surface area (Å²) in [6, 6.07) is 13.2. The van der Waals surface area contributed by atoms with Gasteiger partial charge in [0.1, 0.15) is 12.7 Å². The maximum atomic E-state index is 11.1. The Morgan fingerprint density at radius 1 is 1.30 bits per heavy atom. The Kier molecular flexibility index (Phi) is 5.28. The van der Waals surface area contributed by atoms with Crippen LogP contribution in [0.15, 0.2) is 42.5 Å². The van der Waals surface area contributed by atoms with Gasteiger partial charge in [-0.1, -0.05) is 25.1 Å². The van der Waals surface area contributed by atoms with Crippen molar-refractivity contribution in [1.82, 2.24) is 0 Å². The predicted octanol–water partition coefficient (Wildman–Crippen LogP) is 3.14. The van der Waals surface area contributed by atoms with E-state index in [4.69, 9.17) is 10.00 Å². The van der Waals surface area contributed by atoms with Gasteiger partial charge in [-0.05, 0) is 35.7 Å². The van der Waals surface area contributed by atoms with Crippen molar-refractivity contribution >= 4 is 5.69 Å². The number of aliphatic hydroxyl groups is 1. The molecule has 0 spiro atoms. The summed E-state index contributed by atoms with van der Waals surface area (Å²) in [5, 5.41) is 29.9. The standard InChI is InChI=1S/C17H16N2O4/c1-2-12-5-8-17(15(9-12)19(21)22)23-11-16(20)14-6-3-13(10-18)4-7-14/h3-9,16,20H,2,11H2,1H3. The summed E-state index contributed by atoms with van der Waals surface area (Å²) in [5.41, 5.74) is 1.80. The van der Waals surface area contributed by atoms with Crippen molar-refractivity contribution in [3.05, 3.63) is 69.3 Å². The van der Waals surface area contributed by atoms with Crippen LogP contribution in [0, 0.1) is 21.4 Å². The van der Waals surface area contributed by atoms with Crippen LogP contribution >= 0.6 is 0 Å². The zero-order chi connectivity index (χ0) is 16.8. The molecular formula is C17H16N2O4. The molecule has 0 aromatic heterocycles. The third-order valence-electron chi connectivity index (χ3n) is 3.45. The van der Waals surface area contributed by atoms with E-state index in [1.807, 2.05) is 13.0 Å². The van der Waals surface area contributed by atoms with E-state index in [2.05, 4.69) is 0 Å². The van der Waals surface area contributed by atoms with Gasteiger partial charge >= 0.3 is 5.69 Å². The zero-order valence-electron chi connectivity index (χ0n) is 12.6. The van der Waals surface area contributed by atoms with E-state index in [0.29, 0.717) is 17.5 Å². The molecule has 23 heavy (non-hydrogen) atoms. The van der Waals surface area contributed by atoms with Crippen molar-refractivity contribution in [1.29, 1.82) is 5.26 Å². The van der Waals surface area contributed by atoms with Gasteiger partial charge in [-0.2, -0.15) is 5.26 Å². The molecule has 2 aromatic rings. The van der Waals surface area contributed by atoms with Crippen LogP contribution < -0.4 is 4.74 Å². The normalized spacial score (nSPS) is 11.5. The van der Waals surface area contributed by atoms with Gasteiger partial charge in [0.25, 0.3) is 0 Å². The summed E-state index contributed by atoms with van der Waals surface area (Å²) < 4.78 is 5.41. The van der Waals surface area contributed by atoms with E-state index in [-0.39, 0.29) is 18.0 Å². The number of nitro benzene ring substituents is 1. The maximum Gasteiger partial charge on any atom is 0.311 e. The number of nitro groups is 1. The number of aryl methyl sites for hydroxylation is 1. The smallest absolute Gasteiger partial charge is 0.311 e. The highest BCUT2D eigenvalue weighted by Crippen LogP contribution is 2.29. The largest absolute Gasteiger partial charge is 0.484 e. The number of aliphatic hydroxyl groups excluding tert-OH is 1. The molecule has 0 aliphatic rings. The lowest BCUT2D eigenvalue weighted by atomic mass is 10.1. The summed E-state index contributed by atoms with van der Waals surface area (Å²) in [6.45, 7) is 1.80. The first-order chi connectivity index (χ1) is 11.0. The molecule has 118 valence electrons. The number of nitrogens with zero attached hydrogens (tertiary/aromatic N) is 2. The van der Waals surface area contributed by atoms with Crippen LogP contribution in [0.2, 0.25) is 0 Å². The molecule has 0 fully saturated rings. The Hall–Kier alpha value is -2.91. The van der Waals surface area contributed by atoms with Gasteiger partial charge in [-0.15, -0.1) is 0 Å². The number of hydrogen-bond donors (Lipinski definition) is 1. The molecular weight excluding hydrogens is 296 g/mol. The first-order valence-corrected chi connectivity index (χ1v) is 7.13. The topological polar surface area (TPSA) is 96.4 Å². The third-order valence-corrected chi connectivity index (χ3v) is 3.45. The molecule has 6 heteroatoms. The van der Waals surface area contributed by atoms with Gasteiger partial charge in [0, 0.05) is 6.07 Å². The lowest BCUT2D eigenvalue weighted by Gasteiger charge is -2.13. The van der Waals surface area contributed by atoms with Crippen molar-refractivity contribution in [2.45, 2.75) is 19.4 Å². The maximum absolute atomic E-state index is 11.1. The predicted molar refractivity (Wildman–Crippen MR) is 84.1 cm³/mol. The van der Waals surface area contributed by atoms with Gasteiger partial charge in [-0.3, -0.25) is 10.1 Å². The Balaban J connectivity index is 2.10. The van der Waals surface area contributed by atoms with Crippen molar-refractivity contribution in [3.63, 3.8) is 0 Å². The second-order valence-corrected chi connectivity index (χ2v) is 4.97. The summed E-state index contributed by atoms with van der Waals surface area (Å²) in [5.74, 6) is 0.125. The molecule has 0 saturated heterocycles. The summed E-state index contributed by atoms with van der Waals surface area (Å²) in [4.78, 5) is 10.6. The Bertz CT molecular complexity index is 735. The van der Waals surface area contributed by atoms with E-state index < -0.39 is 11.0 Å². The summed E-state index contributed by atoms with van der Waals surface area (Å²) in [6.07, 6.45) is -0.247. The van der Waals surface area contributed by atoms with E-state index in [1.165, 1.54) is 6.07 Å². The van der Waals surface area contributed by atoms with E-state index in [0.717, 1.165) is 5.56 Å². The van der Waals surface area contributed by atoms with Crippen LogP contribution in [-0.4, -0.2) is 16.6 Å². The van der Waals surface area contributed by atoms with Crippen LogP contribution in [0.1, 0.15) is 29.7 Å². The summed E-state index contributed by atoms with van der Waals surface area (Å²) in [7, 11) is 0. The molecule has 6 nitrogen and oxygen atoms in total. The highest BCUT2D eigenvalue weighted by molar-refractivity contribution is 5.48. The monoisotopic (exact) mass is 312 g/mol. The fourth-order valence-electron chi connectivity index (χ4n) is 2.09. The summed E-state index contributed by atoms with van der Waals surface area (Å²) >= 11 is 0. The molecule has 0 radical (unpaired) electrons. The number of ether oxygens (including phenoxy) is 1. The molecule has 1 N–H and O–H groups in total. The SMILES string of the molecule is CCc1ccc(OCC(O)c2ccc(C#N)cc2)c([N+](=O)[O-])c1. The molecule has 0 amide bonds. The Labute approximate surface area is 133 Å². The molecule has 1 atom stereocenters. The van der Waals surface area contributed by atoms with Crippen LogP contribution in [0.3, 0.4) is 0 Å². The third kappa shape index (κ3) is 4.05. The molecule has 2 aromatic carbocycles. The lowest BCUT2D eigenvalue weighted by molar-refractivity contribution is -0.386. The average Bonchev–Trinajstić information content (AvgIpc) is 2.59. The molecule has 0 bridgehead atoms. The minimum atomic E-state index is -0.937. The number of nitriles is 1. The van der Waals surface area contributed by atoms with Crippen LogP contribution in [0.25, 0.3) is 0 Å². The van der Waals surface area contributed by atoms with Crippen molar-refractivity contribution in [3.8, 4) is 11.8 Å². The van der Waals surface area contributed by atoms with Crippen LogP contribution in [0.4, 0.5) is 5.69 Å². The molecule has 0 heterocycles. The fourth-order valence-corrected chi connectivity index (χ4v) is 2.09. The van der Waals surface area contributed by atoms with Gasteiger partial charge in [0.15, 0.2) is 5.75 Å². The minimum absolute atomic E-state index is 0.113. The zero-order valence-corrected chi connectivity index (χ0v) is 12.6. The molecule has 0 aliphatic heterocycles. The molecule has 2 rings (SSSR count). The molecule has 0 saturated carbocycles. The van der Waals surface area contributed by atoms with Crippen LogP contribution in [0.5, 0.6) is 5.75 Å². The van der Waals surface area contributed by atoms with E-state index in [9.17, 15) is 15.2 Å². The van der Waals surface area contributed by atoms with Gasteiger partial charge in [0.2, 0.25) is 0 Å². The van der Waals surface area contributed by atoms with Crippen molar-refractivity contribution in [2.75, 3.05) is 6.61 Å². The first kappa shape index (κ1) is 16.5. The molecule has 1 unspecified atom stereocenters. The Morgan fingerprint density at radius 2 is 2.00 bits per heavy atom. The number of benzene rings is 2. The second kappa shape index (κ2) is 7.38. The van der Waals surface area contributed by atoms with Gasteiger partial charge in [-0.25, -0.2) is 0 Å². The average molecular weight is 312 g/mol. The van der Waals surface area contributed by atoms with Crippen LogP contribution in [-0.2, 0) is 6.42 Å². The number of hydrogen-bond acceptors (Lipinski definition) is 5. The minimum Gasteiger partial charge on any atom is -0.484 e. The number of rotatable bonds is 6. The van der Waals surface area contributed by atoms with E-state index in [1.54, 1.807) is 36.4 Å². The first-order valence-electron chi connectivity index (χ1n) is 7.13. The highest BCUT2D eigenvalue weighted by atomic mass is 16.6. The van der Waals surface area contributed by atoms with Gasteiger partial charge < -0.3 is 9.84 Å². The fraction of sp³-hybridized carbons (Fsp3) is 0.235. The highest BCUT2D eigenvalue weighted by Gasteiger charge is 2.17.